The predicted molar refractivity (Wildman–Crippen MR) is 154 cm³/mol. The summed E-state index contributed by atoms with van der Waals surface area (Å²) in [5.41, 5.74) is 2.60. The van der Waals surface area contributed by atoms with Crippen LogP contribution < -0.4 is 10.6 Å². The van der Waals surface area contributed by atoms with Crippen LogP contribution in [0.2, 0.25) is 0 Å². The lowest BCUT2D eigenvalue weighted by Gasteiger charge is -2.38. The number of H-pyrrole nitrogens is 1. The minimum atomic E-state index is -0.653. The first-order valence-corrected chi connectivity index (χ1v) is 14.3. The molecule has 1 saturated heterocycles. The molecular weight excluding hydrogens is 488 g/mol. The second-order valence-corrected chi connectivity index (χ2v) is 11.7. The van der Waals surface area contributed by atoms with E-state index in [0.717, 1.165) is 36.8 Å². The molecule has 0 spiro atoms. The summed E-state index contributed by atoms with van der Waals surface area (Å²) < 4.78 is 5.38. The van der Waals surface area contributed by atoms with Gasteiger partial charge in [0.1, 0.15) is 0 Å². The fourth-order valence-corrected chi connectivity index (χ4v) is 5.98. The normalized spacial score (nSPS) is 20.5. The van der Waals surface area contributed by atoms with Crippen LogP contribution >= 0.6 is 0 Å². The van der Waals surface area contributed by atoms with Crippen molar-refractivity contribution in [1.82, 2.24) is 20.5 Å². The van der Waals surface area contributed by atoms with Crippen LogP contribution in [0.25, 0.3) is 10.9 Å². The number of hydrogen-bond acceptors (Lipinski definition) is 4. The Morgan fingerprint density at radius 3 is 2.56 bits per heavy atom. The molecule has 2 aromatic carbocycles. The zero-order chi connectivity index (χ0) is 27.4. The molecule has 3 atom stereocenters. The van der Waals surface area contributed by atoms with E-state index in [0.29, 0.717) is 26.1 Å². The van der Waals surface area contributed by atoms with Gasteiger partial charge in [0.25, 0.3) is 0 Å². The van der Waals surface area contributed by atoms with Gasteiger partial charge in [-0.25, -0.2) is 0 Å². The molecule has 0 radical (unpaired) electrons. The first kappa shape index (κ1) is 27.4. The average molecular weight is 531 g/mol. The second-order valence-electron chi connectivity index (χ2n) is 11.7. The Bertz CT molecular complexity index is 1270. The highest BCUT2D eigenvalue weighted by molar-refractivity contribution is 5.88. The number of methoxy groups -OCH3 is 1. The summed E-state index contributed by atoms with van der Waals surface area (Å²) in [4.78, 5) is 33.2. The van der Waals surface area contributed by atoms with Crippen molar-refractivity contribution in [1.29, 1.82) is 0 Å². The lowest BCUT2D eigenvalue weighted by molar-refractivity contribution is -0.140. The number of carbonyl (C=O) groups is 2. The molecule has 5 rings (SSSR count). The highest BCUT2D eigenvalue weighted by Gasteiger charge is 2.42. The van der Waals surface area contributed by atoms with E-state index in [1.54, 1.807) is 7.11 Å². The van der Waals surface area contributed by atoms with Crippen molar-refractivity contribution in [2.24, 2.45) is 5.92 Å². The highest BCUT2D eigenvalue weighted by Crippen LogP contribution is 2.40. The van der Waals surface area contributed by atoms with E-state index in [1.165, 1.54) is 10.9 Å². The standard InChI is InChI=1S/C32H42N4O3/c1-32(2,23-10-5-4-6-11-23)31(38)35-24-18-22(19-33-20-24)30(37)36(25-15-16-25)29(14-9-17-39-3)27-21-34-28-13-8-7-12-26(27)28/h4-8,10-13,21-22,24-25,29,33-34H,9,14-20H2,1-3H3,(H,35,38)/t22-,24-,29?/m0/s1. The fourth-order valence-electron chi connectivity index (χ4n) is 5.98. The van der Waals surface area contributed by atoms with Crippen molar-refractivity contribution >= 4 is 22.7 Å². The zero-order valence-corrected chi connectivity index (χ0v) is 23.4. The third kappa shape index (κ3) is 6.04. The van der Waals surface area contributed by atoms with Crippen molar-refractivity contribution in [3.05, 3.63) is 71.9 Å². The molecule has 1 aliphatic carbocycles. The smallest absolute Gasteiger partial charge is 0.230 e. The van der Waals surface area contributed by atoms with Crippen LogP contribution in [0, 0.1) is 5.92 Å². The monoisotopic (exact) mass is 530 g/mol. The van der Waals surface area contributed by atoms with Gasteiger partial charge in [-0.1, -0.05) is 48.5 Å². The van der Waals surface area contributed by atoms with Crippen molar-refractivity contribution in [2.75, 3.05) is 26.8 Å². The minimum Gasteiger partial charge on any atom is -0.385 e. The molecule has 7 nitrogen and oxygen atoms in total. The number of ether oxygens (including phenoxy) is 1. The first-order valence-electron chi connectivity index (χ1n) is 14.3. The summed E-state index contributed by atoms with van der Waals surface area (Å²) in [5, 5.41) is 7.87. The number of rotatable bonds is 11. The van der Waals surface area contributed by atoms with Crippen LogP contribution in [0.3, 0.4) is 0 Å². The van der Waals surface area contributed by atoms with Crippen LogP contribution in [0.15, 0.2) is 60.8 Å². The lowest BCUT2D eigenvalue weighted by atomic mass is 9.83. The molecule has 1 aromatic heterocycles. The molecule has 3 aromatic rings. The lowest BCUT2D eigenvalue weighted by Crippen LogP contribution is -2.55. The SMILES string of the molecule is COCCCC(c1c[nH]c2ccccc12)N(C(=O)[C@@H]1CNC[C@@H](NC(=O)C(C)(C)c2ccccc2)C1)C1CC1. The summed E-state index contributed by atoms with van der Waals surface area (Å²) in [6.45, 7) is 5.88. The van der Waals surface area contributed by atoms with E-state index in [2.05, 4.69) is 44.9 Å². The number of nitrogens with one attached hydrogen (secondary N) is 3. The first-order chi connectivity index (χ1) is 18.9. The van der Waals surface area contributed by atoms with Crippen LogP contribution in [0.5, 0.6) is 0 Å². The van der Waals surface area contributed by atoms with Crippen molar-refractivity contribution in [3.8, 4) is 0 Å². The number of aromatic amines is 1. The molecule has 1 aliphatic heterocycles. The van der Waals surface area contributed by atoms with Gasteiger partial charge in [-0.15, -0.1) is 0 Å². The maximum Gasteiger partial charge on any atom is 0.230 e. The molecule has 2 heterocycles. The van der Waals surface area contributed by atoms with Gasteiger partial charge in [-0.3, -0.25) is 9.59 Å². The zero-order valence-electron chi connectivity index (χ0n) is 23.4. The molecule has 3 N–H and O–H groups in total. The van der Waals surface area contributed by atoms with E-state index in [1.807, 2.05) is 50.2 Å². The summed E-state index contributed by atoms with van der Waals surface area (Å²) in [7, 11) is 1.73. The Labute approximate surface area is 231 Å². The number of nitrogens with zero attached hydrogens (tertiary/aromatic N) is 1. The Hall–Kier alpha value is -3.16. The largest absolute Gasteiger partial charge is 0.385 e. The van der Waals surface area contributed by atoms with Gasteiger partial charge >= 0.3 is 0 Å². The van der Waals surface area contributed by atoms with Crippen LogP contribution in [-0.2, 0) is 19.7 Å². The summed E-state index contributed by atoms with van der Waals surface area (Å²) in [6, 6.07) is 18.4. The quantitative estimate of drug-likeness (QED) is 0.314. The van der Waals surface area contributed by atoms with Crippen LogP contribution in [-0.4, -0.2) is 60.6 Å². The topological polar surface area (TPSA) is 86.5 Å². The minimum absolute atomic E-state index is 0.0103. The predicted octanol–water partition coefficient (Wildman–Crippen LogP) is 4.70. The number of fused-ring (bicyclic) bond motifs is 1. The number of hydrogen-bond donors (Lipinski definition) is 3. The molecule has 39 heavy (non-hydrogen) atoms. The maximum atomic E-state index is 14.3. The number of piperidine rings is 1. The molecule has 2 amide bonds. The van der Waals surface area contributed by atoms with Gasteiger partial charge in [-0.05, 0) is 63.1 Å². The van der Waals surface area contributed by atoms with E-state index < -0.39 is 5.41 Å². The third-order valence-electron chi connectivity index (χ3n) is 8.43. The number of benzene rings is 2. The van der Waals surface area contributed by atoms with E-state index in [9.17, 15) is 9.59 Å². The van der Waals surface area contributed by atoms with Crippen molar-refractivity contribution < 1.29 is 14.3 Å². The number of aromatic nitrogens is 1. The molecule has 1 unspecified atom stereocenters. The summed E-state index contributed by atoms with van der Waals surface area (Å²) in [5.74, 6) is 0.00229. The van der Waals surface area contributed by atoms with Gasteiger partial charge in [-0.2, -0.15) is 0 Å². The van der Waals surface area contributed by atoms with Gasteiger partial charge in [0.05, 0.1) is 17.4 Å². The fraction of sp³-hybridized carbons (Fsp3) is 0.500. The molecule has 7 heteroatoms. The van der Waals surface area contributed by atoms with E-state index >= 15 is 0 Å². The Kier molecular flexibility index (Phi) is 8.38. The number of para-hydroxylation sites is 1. The third-order valence-corrected chi connectivity index (χ3v) is 8.43. The Morgan fingerprint density at radius 2 is 1.82 bits per heavy atom. The Balaban J connectivity index is 1.34. The summed E-state index contributed by atoms with van der Waals surface area (Å²) in [6.07, 6.45) is 6.54. The molecular formula is C32H42N4O3. The molecule has 2 fully saturated rings. The number of amides is 2. The van der Waals surface area contributed by atoms with Gasteiger partial charge in [0.15, 0.2) is 0 Å². The van der Waals surface area contributed by atoms with Crippen LogP contribution in [0.1, 0.15) is 63.1 Å². The maximum absolute atomic E-state index is 14.3. The van der Waals surface area contributed by atoms with E-state index in [-0.39, 0.29) is 35.9 Å². The van der Waals surface area contributed by atoms with E-state index in [4.69, 9.17) is 4.74 Å². The molecule has 2 aliphatic rings. The number of carbonyl (C=O) groups excluding carboxylic acids is 2. The van der Waals surface area contributed by atoms with Gasteiger partial charge in [0.2, 0.25) is 11.8 Å². The highest BCUT2D eigenvalue weighted by atomic mass is 16.5. The van der Waals surface area contributed by atoms with Gasteiger partial charge < -0.3 is 25.3 Å². The molecule has 208 valence electrons. The average Bonchev–Trinajstić information content (AvgIpc) is 3.70. The van der Waals surface area contributed by atoms with Crippen molar-refractivity contribution in [2.45, 2.75) is 69.5 Å². The summed E-state index contributed by atoms with van der Waals surface area (Å²) >= 11 is 0. The Morgan fingerprint density at radius 1 is 1.08 bits per heavy atom. The molecule has 0 bridgehead atoms. The van der Waals surface area contributed by atoms with Crippen LogP contribution in [0.4, 0.5) is 0 Å². The second kappa shape index (κ2) is 11.9. The van der Waals surface area contributed by atoms with Crippen molar-refractivity contribution in [3.63, 3.8) is 0 Å². The molecule has 1 saturated carbocycles. The van der Waals surface area contributed by atoms with Gasteiger partial charge in [0, 0.05) is 56.0 Å².